The average Bonchev–Trinajstić information content (AvgIpc) is 1.77. The van der Waals surface area contributed by atoms with E-state index in [4.69, 9.17) is 0 Å². The topological polar surface area (TPSA) is 36.0 Å². The van der Waals surface area contributed by atoms with E-state index in [1.165, 1.54) is 12.3 Å². The van der Waals surface area contributed by atoms with Crippen LogP contribution in [0.15, 0.2) is 18.3 Å². The van der Waals surface area contributed by atoms with Gasteiger partial charge in [0, 0.05) is 11.9 Å². The minimum absolute atomic E-state index is 0. The van der Waals surface area contributed by atoms with Gasteiger partial charge in [0.05, 0.1) is 0 Å². The molecule has 0 aliphatic heterocycles. The Morgan fingerprint density at radius 1 is 1.44 bits per heavy atom. The van der Waals surface area contributed by atoms with Crippen LogP contribution in [-0.4, -0.2) is 4.98 Å². The van der Waals surface area contributed by atoms with Crippen LogP contribution in [0.2, 0.25) is 0 Å². The van der Waals surface area contributed by atoms with Gasteiger partial charge in [0.1, 0.15) is 0 Å². The number of rotatable bonds is 0. The van der Waals surface area contributed by atoms with Gasteiger partial charge in [-0.2, -0.15) is 0 Å². The molecule has 0 saturated carbocycles. The molecule has 1 aromatic rings. The van der Waals surface area contributed by atoms with Gasteiger partial charge in [-0.05, 0) is 13.0 Å². The Morgan fingerprint density at radius 2 is 2.11 bits per heavy atom. The second-order valence-corrected chi connectivity index (χ2v) is 1.64. The van der Waals surface area contributed by atoms with Crippen LogP contribution >= 0.6 is 0 Å². The van der Waals surface area contributed by atoms with Crippen LogP contribution in [0.4, 0.5) is 0 Å². The molecule has 1 rings (SSSR count). The van der Waals surface area contributed by atoms with E-state index < -0.39 is 0 Å². The first-order chi connectivity index (χ1) is 3.79. The van der Waals surface area contributed by atoms with Crippen molar-refractivity contribution in [1.82, 2.24) is 4.98 Å². The monoisotopic (exact) mass is 147 g/mol. The third-order valence-corrected chi connectivity index (χ3v) is 0.884. The average molecular weight is 147 g/mol. The van der Waals surface area contributed by atoms with Gasteiger partial charge in [0.2, 0.25) is 0 Å². The van der Waals surface area contributed by atoms with E-state index in [0.29, 0.717) is 0 Å². The Bertz CT molecular complexity index is 152. The molecule has 0 bridgehead atoms. The largest absolute Gasteiger partial charge is 1.00 e. The van der Waals surface area contributed by atoms with Gasteiger partial charge >= 0.3 is 51.4 Å². The van der Waals surface area contributed by atoms with Gasteiger partial charge < -0.3 is 5.11 Å². The van der Waals surface area contributed by atoms with E-state index >= 15 is 0 Å². The normalized spacial score (nSPS) is 8.11. The number of aromatic nitrogens is 1. The van der Waals surface area contributed by atoms with Crippen LogP contribution in [-0.2, 0) is 0 Å². The van der Waals surface area contributed by atoms with E-state index in [-0.39, 0.29) is 57.1 Å². The summed E-state index contributed by atoms with van der Waals surface area (Å²) in [6.45, 7) is 1.85. The van der Waals surface area contributed by atoms with Crippen molar-refractivity contribution in [3.8, 4) is 5.75 Å². The van der Waals surface area contributed by atoms with Crippen LogP contribution < -0.4 is 56.5 Å². The van der Waals surface area contributed by atoms with E-state index in [0.717, 1.165) is 5.69 Å². The molecule has 1 heterocycles. The first kappa shape index (κ1) is 9.59. The molecular formula is C6H6KNO. The minimum atomic E-state index is -0.0319. The molecule has 0 aromatic carbocycles. The Kier molecular flexibility index (Phi) is 4.70. The maximum Gasteiger partial charge on any atom is 1.00 e. The fourth-order valence-electron chi connectivity index (χ4n) is 0.454. The molecule has 9 heavy (non-hydrogen) atoms. The predicted octanol–water partition coefficient (Wildman–Crippen LogP) is -2.53. The summed E-state index contributed by atoms with van der Waals surface area (Å²) in [5.41, 5.74) is 0.879. The molecule has 2 nitrogen and oxygen atoms in total. The van der Waals surface area contributed by atoms with Gasteiger partial charge in [-0.1, -0.05) is 11.8 Å². The Balaban J connectivity index is 0.000000640. The van der Waals surface area contributed by atoms with Gasteiger partial charge in [-0.25, -0.2) is 0 Å². The standard InChI is InChI=1S/C6H7NO.K/c1-5-2-3-6(8)4-7-5;/h2-4,8H,1H3;/q;+1/p-1. The number of hydrogen-bond donors (Lipinski definition) is 0. The van der Waals surface area contributed by atoms with Gasteiger partial charge in [-0.3, -0.25) is 4.98 Å². The molecule has 3 heteroatoms. The van der Waals surface area contributed by atoms with E-state index in [1.807, 2.05) is 6.92 Å². The zero-order valence-electron chi connectivity index (χ0n) is 5.59. The summed E-state index contributed by atoms with van der Waals surface area (Å²) in [5.74, 6) is -0.0319. The fraction of sp³-hybridized carbons (Fsp3) is 0.167. The van der Waals surface area contributed by atoms with Crippen molar-refractivity contribution in [3.05, 3.63) is 24.0 Å². The van der Waals surface area contributed by atoms with Crippen LogP contribution in [0, 0.1) is 6.92 Å². The molecule has 0 N–H and O–H groups in total. The summed E-state index contributed by atoms with van der Waals surface area (Å²) in [7, 11) is 0. The molecule has 0 radical (unpaired) electrons. The maximum absolute atomic E-state index is 10.4. The zero-order valence-corrected chi connectivity index (χ0v) is 8.71. The first-order valence-electron chi connectivity index (χ1n) is 2.39. The van der Waals surface area contributed by atoms with Gasteiger partial charge in [-0.15, -0.1) is 0 Å². The molecule has 0 saturated heterocycles. The number of hydrogen-bond acceptors (Lipinski definition) is 2. The van der Waals surface area contributed by atoms with Gasteiger partial charge in [0.25, 0.3) is 0 Å². The summed E-state index contributed by atoms with van der Waals surface area (Å²) in [6, 6.07) is 3.20. The molecule has 0 aliphatic carbocycles. The summed E-state index contributed by atoms with van der Waals surface area (Å²) in [6.07, 6.45) is 1.31. The molecule has 42 valence electrons. The minimum Gasteiger partial charge on any atom is -0.871 e. The number of aryl methyl sites for hydroxylation is 1. The maximum atomic E-state index is 10.4. The molecular weight excluding hydrogens is 141 g/mol. The van der Waals surface area contributed by atoms with Gasteiger partial charge in [0.15, 0.2) is 0 Å². The molecule has 1 aromatic heterocycles. The Hall–Kier alpha value is 0.586. The predicted molar refractivity (Wildman–Crippen MR) is 28.4 cm³/mol. The smallest absolute Gasteiger partial charge is 0.871 e. The van der Waals surface area contributed by atoms with Crippen molar-refractivity contribution in [1.29, 1.82) is 0 Å². The number of pyridine rings is 1. The third kappa shape index (κ3) is 3.32. The zero-order chi connectivity index (χ0) is 5.98. The molecule has 0 aliphatic rings. The van der Waals surface area contributed by atoms with Crippen molar-refractivity contribution >= 4 is 0 Å². The van der Waals surface area contributed by atoms with Crippen molar-refractivity contribution in [2.24, 2.45) is 0 Å². The summed E-state index contributed by atoms with van der Waals surface area (Å²) in [4.78, 5) is 3.77. The molecule has 0 atom stereocenters. The van der Waals surface area contributed by atoms with E-state index in [1.54, 1.807) is 6.07 Å². The summed E-state index contributed by atoms with van der Waals surface area (Å²) >= 11 is 0. The Labute approximate surface area is 96.7 Å². The quantitative estimate of drug-likeness (QED) is 0.379. The number of nitrogens with zero attached hydrogens (tertiary/aromatic N) is 1. The Morgan fingerprint density at radius 3 is 2.44 bits per heavy atom. The third-order valence-electron chi connectivity index (χ3n) is 0.884. The molecule has 0 fully saturated rings. The van der Waals surface area contributed by atoms with Crippen molar-refractivity contribution in [3.63, 3.8) is 0 Å². The van der Waals surface area contributed by atoms with Crippen molar-refractivity contribution in [2.45, 2.75) is 6.92 Å². The summed E-state index contributed by atoms with van der Waals surface area (Å²) < 4.78 is 0. The van der Waals surface area contributed by atoms with Crippen LogP contribution in [0.3, 0.4) is 0 Å². The second-order valence-electron chi connectivity index (χ2n) is 1.64. The van der Waals surface area contributed by atoms with Crippen molar-refractivity contribution < 1.29 is 56.5 Å². The molecule has 0 unspecified atom stereocenters. The van der Waals surface area contributed by atoms with Crippen LogP contribution in [0.25, 0.3) is 0 Å². The van der Waals surface area contributed by atoms with Crippen LogP contribution in [0.5, 0.6) is 5.75 Å². The van der Waals surface area contributed by atoms with Crippen LogP contribution in [0.1, 0.15) is 5.69 Å². The van der Waals surface area contributed by atoms with E-state index in [2.05, 4.69) is 4.98 Å². The summed E-state index contributed by atoms with van der Waals surface area (Å²) in [5, 5.41) is 10.4. The van der Waals surface area contributed by atoms with E-state index in [9.17, 15) is 5.11 Å². The molecule has 0 spiro atoms. The first-order valence-corrected chi connectivity index (χ1v) is 2.39. The fourth-order valence-corrected chi connectivity index (χ4v) is 0.454. The van der Waals surface area contributed by atoms with Crippen molar-refractivity contribution in [2.75, 3.05) is 0 Å². The second kappa shape index (κ2) is 4.41. The SMILES string of the molecule is Cc1ccc([O-])cn1.[K+]. The molecule has 0 amide bonds.